The molecule has 1 amide bonds. The minimum Gasteiger partial charge on any atom is -0.497 e. The molecule has 0 radical (unpaired) electrons. The highest BCUT2D eigenvalue weighted by molar-refractivity contribution is 5.96. The summed E-state index contributed by atoms with van der Waals surface area (Å²) >= 11 is 0. The van der Waals surface area contributed by atoms with E-state index in [0.717, 1.165) is 12.2 Å². The van der Waals surface area contributed by atoms with Gasteiger partial charge in [-0.1, -0.05) is 5.16 Å². The van der Waals surface area contributed by atoms with Gasteiger partial charge in [0.05, 0.1) is 19.8 Å². The second-order valence-electron chi connectivity index (χ2n) is 6.21. The molecule has 1 aliphatic heterocycles. The second kappa shape index (κ2) is 8.11. The number of aromatic nitrogens is 1. The number of carbonyl (C=O) groups is 2. The van der Waals surface area contributed by atoms with Gasteiger partial charge in [-0.2, -0.15) is 0 Å². The van der Waals surface area contributed by atoms with Crippen molar-refractivity contribution in [3.8, 4) is 11.5 Å². The van der Waals surface area contributed by atoms with Crippen LogP contribution >= 0.6 is 0 Å². The zero-order valence-corrected chi connectivity index (χ0v) is 15.6. The lowest BCUT2D eigenvalue weighted by molar-refractivity contribution is -0.145. The number of carbonyl (C=O) groups excluding carboxylic acids is 2. The fourth-order valence-electron chi connectivity index (χ4n) is 3.08. The lowest BCUT2D eigenvalue weighted by atomic mass is 10.1. The topological polar surface area (TPSA) is 91.1 Å². The number of likely N-dealkylation sites (tertiary alicyclic amines) is 1. The zero-order chi connectivity index (χ0) is 19.4. The fourth-order valence-corrected chi connectivity index (χ4v) is 3.08. The van der Waals surface area contributed by atoms with Crippen molar-refractivity contribution in [2.75, 3.05) is 20.8 Å². The van der Waals surface area contributed by atoms with Gasteiger partial charge in [0.1, 0.15) is 29.9 Å². The van der Waals surface area contributed by atoms with Crippen LogP contribution in [0.4, 0.5) is 0 Å². The summed E-state index contributed by atoms with van der Waals surface area (Å²) in [5.41, 5.74) is 0.725. The Balaban J connectivity index is 1.75. The summed E-state index contributed by atoms with van der Waals surface area (Å²) in [5.74, 6) is 1.08. The summed E-state index contributed by atoms with van der Waals surface area (Å²) in [4.78, 5) is 26.3. The van der Waals surface area contributed by atoms with Gasteiger partial charge in [-0.25, -0.2) is 4.79 Å². The molecule has 0 spiro atoms. The number of hydrogen-bond donors (Lipinski definition) is 0. The number of rotatable bonds is 6. The Bertz CT molecular complexity index is 814. The molecule has 2 aromatic rings. The zero-order valence-electron chi connectivity index (χ0n) is 15.6. The van der Waals surface area contributed by atoms with Gasteiger partial charge in [0.15, 0.2) is 5.69 Å². The molecule has 1 aromatic heterocycles. The normalized spacial score (nSPS) is 16.3. The van der Waals surface area contributed by atoms with E-state index in [9.17, 15) is 9.59 Å². The van der Waals surface area contributed by atoms with Crippen molar-refractivity contribution >= 4 is 11.9 Å². The summed E-state index contributed by atoms with van der Waals surface area (Å²) in [5, 5.41) is 3.90. The Hall–Kier alpha value is -3.03. The van der Waals surface area contributed by atoms with Crippen molar-refractivity contribution in [2.45, 2.75) is 32.4 Å². The third-order valence-corrected chi connectivity index (χ3v) is 4.62. The maximum atomic E-state index is 12.9. The molecule has 0 saturated carbocycles. The van der Waals surface area contributed by atoms with E-state index < -0.39 is 12.0 Å². The number of nitrogens with zero attached hydrogens (tertiary/aromatic N) is 2. The Morgan fingerprint density at radius 2 is 1.93 bits per heavy atom. The van der Waals surface area contributed by atoms with Crippen molar-refractivity contribution < 1.29 is 28.3 Å². The molecule has 1 unspecified atom stereocenters. The molecule has 1 fully saturated rings. The lowest BCUT2D eigenvalue weighted by Gasteiger charge is -2.21. The van der Waals surface area contributed by atoms with Gasteiger partial charge in [-0.15, -0.1) is 0 Å². The molecule has 1 saturated heterocycles. The second-order valence-corrected chi connectivity index (χ2v) is 6.21. The van der Waals surface area contributed by atoms with E-state index in [4.69, 9.17) is 18.7 Å². The molecule has 0 bridgehead atoms. The summed E-state index contributed by atoms with van der Waals surface area (Å²) in [6.07, 6.45) is 1.31. The number of ether oxygens (including phenoxy) is 3. The van der Waals surface area contributed by atoms with Crippen molar-refractivity contribution in [3.63, 3.8) is 0 Å². The monoisotopic (exact) mass is 374 g/mol. The fraction of sp³-hybridized carbons (Fsp3) is 0.421. The summed E-state index contributed by atoms with van der Waals surface area (Å²) in [6.45, 7) is 2.32. The van der Waals surface area contributed by atoms with Crippen LogP contribution in [-0.2, 0) is 16.1 Å². The molecular formula is C19H22N2O6. The number of methoxy groups -OCH3 is 2. The SMILES string of the molecule is COC(=O)C1CCCN1C(=O)c1noc(C)c1COc1ccc(OC)cc1. The number of amides is 1. The molecular weight excluding hydrogens is 352 g/mol. The van der Waals surface area contributed by atoms with Gasteiger partial charge in [0, 0.05) is 6.54 Å². The number of hydrogen-bond acceptors (Lipinski definition) is 7. The van der Waals surface area contributed by atoms with E-state index in [1.807, 2.05) is 0 Å². The van der Waals surface area contributed by atoms with Crippen molar-refractivity contribution in [1.82, 2.24) is 10.1 Å². The predicted octanol–water partition coefficient (Wildman–Crippen LogP) is 2.35. The van der Waals surface area contributed by atoms with Crippen LogP contribution in [0.5, 0.6) is 11.5 Å². The van der Waals surface area contributed by atoms with Crippen LogP contribution < -0.4 is 9.47 Å². The summed E-state index contributed by atoms with van der Waals surface area (Å²) < 4.78 is 20.9. The third kappa shape index (κ3) is 3.89. The molecule has 0 aliphatic carbocycles. The Morgan fingerprint density at radius 1 is 1.22 bits per heavy atom. The van der Waals surface area contributed by atoms with Gasteiger partial charge in [0.2, 0.25) is 0 Å². The Labute approximate surface area is 157 Å². The first kappa shape index (κ1) is 18.8. The van der Waals surface area contributed by atoms with Crippen LogP contribution in [-0.4, -0.2) is 48.7 Å². The average molecular weight is 374 g/mol. The van der Waals surface area contributed by atoms with E-state index in [-0.39, 0.29) is 18.2 Å². The molecule has 3 rings (SSSR count). The molecule has 144 valence electrons. The quantitative estimate of drug-likeness (QED) is 0.717. The minimum atomic E-state index is -0.588. The number of esters is 1. The third-order valence-electron chi connectivity index (χ3n) is 4.62. The first-order valence-corrected chi connectivity index (χ1v) is 8.66. The molecule has 8 heteroatoms. The molecule has 8 nitrogen and oxygen atoms in total. The van der Waals surface area contributed by atoms with Crippen molar-refractivity contribution in [3.05, 3.63) is 41.3 Å². The van der Waals surface area contributed by atoms with E-state index in [2.05, 4.69) is 5.16 Å². The van der Waals surface area contributed by atoms with E-state index in [1.54, 1.807) is 38.3 Å². The van der Waals surface area contributed by atoms with Crippen LogP contribution in [0.25, 0.3) is 0 Å². The minimum absolute atomic E-state index is 0.124. The van der Waals surface area contributed by atoms with Crippen LogP contribution in [0.3, 0.4) is 0 Å². The summed E-state index contributed by atoms with van der Waals surface area (Å²) in [6, 6.07) is 6.53. The smallest absolute Gasteiger partial charge is 0.328 e. The molecule has 1 aliphatic rings. The van der Waals surface area contributed by atoms with Gasteiger partial charge < -0.3 is 23.6 Å². The average Bonchev–Trinajstić information content (AvgIpc) is 3.32. The molecule has 2 heterocycles. The molecule has 0 N–H and O–H groups in total. The van der Waals surface area contributed by atoms with Crippen LogP contribution in [0, 0.1) is 6.92 Å². The first-order valence-electron chi connectivity index (χ1n) is 8.66. The number of aryl methyl sites for hydroxylation is 1. The van der Waals surface area contributed by atoms with Crippen molar-refractivity contribution in [1.29, 1.82) is 0 Å². The predicted molar refractivity (Wildman–Crippen MR) is 94.6 cm³/mol. The highest BCUT2D eigenvalue weighted by Gasteiger charge is 2.37. The standard InChI is InChI=1S/C19H22N2O6/c1-12-15(11-26-14-8-6-13(24-2)7-9-14)17(20-27-12)18(22)21-10-4-5-16(21)19(23)25-3/h6-9,16H,4-5,10-11H2,1-3H3. The van der Waals surface area contributed by atoms with Crippen LogP contribution in [0.1, 0.15) is 34.7 Å². The number of benzene rings is 1. The van der Waals surface area contributed by atoms with E-state index >= 15 is 0 Å². The Kier molecular flexibility index (Phi) is 5.63. The highest BCUT2D eigenvalue weighted by Crippen LogP contribution is 2.25. The van der Waals surface area contributed by atoms with E-state index in [0.29, 0.717) is 30.0 Å². The van der Waals surface area contributed by atoms with E-state index in [1.165, 1.54) is 12.0 Å². The van der Waals surface area contributed by atoms with Crippen LogP contribution in [0.15, 0.2) is 28.8 Å². The molecule has 27 heavy (non-hydrogen) atoms. The summed E-state index contributed by atoms with van der Waals surface area (Å²) in [7, 11) is 2.91. The lowest BCUT2D eigenvalue weighted by Crippen LogP contribution is -2.41. The van der Waals surface area contributed by atoms with Crippen molar-refractivity contribution in [2.24, 2.45) is 0 Å². The van der Waals surface area contributed by atoms with Gasteiger partial charge >= 0.3 is 5.97 Å². The Morgan fingerprint density at radius 3 is 2.59 bits per heavy atom. The highest BCUT2D eigenvalue weighted by atomic mass is 16.5. The van der Waals surface area contributed by atoms with Crippen LogP contribution in [0.2, 0.25) is 0 Å². The largest absolute Gasteiger partial charge is 0.497 e. The maximum Gasteiger partial charge on any atom is 0.328 e. The van der Waals surface area contributed by atoms with Gasteiger partial charge in [0.25, 0.3) is 5.91 Å². The molecule has 1 atom stereocenters. The first-order chi connectivity index (χ1) is 13.0. The van der Waals surface area contributed by atoms with Gasteiger partial charge in [-0.05, 0) is 44.0 Å². The maximum absolute atomic E-state index is 12.9. The van der Waals surface area contributed by atoms with Gasteiger partial charge in [-0.3, -0.25) is 4.79 Å². The molecule has 1 aromatic carbocycles.